The van der Waals surface area contributed by atoms with Gasteiger partial charge < -0.3 is 24.8 Å². The van der Waals surface area contributed by atoms with E-state index >= 15 is 0 Å². The van der Waals surface area contributed by atoms with Gasteiger partial charge >= 0.3 is 14.1 Å². The molecule has 0 heterocycles. The van der Waals surface area contributed by atoms with Crippen LogP contribution in [0.2, 0.25) is 0 Å². The smallest absolute Gasteiger partial charge is 0.395 e. The van der Waals surface area contributed by atoms with Crippen LogP contribution in [-0.4, -0.2) is 37.2 Å². The largest absolute Gasteiger partial charge is 0.575 e. The van der Waals surface area contributed by atoms with Crippen molar-refractivity contribution in [1.29, 1.82) is 0 Å². The molecule has 1 aromatic rings. The summed E-state index contributed by atoms with van der Waals surface area (Å²) < 4.78 is 19.6. The Morgan fingerprint density at radius 3 is 2.47 bits per heavy atom. The molecule has 2 atom stereocenters. The predicted octanol–water partition coefficient (Wildman–Crippen LogP) is 3.80. The number of hydrogen-bond acceptors (Lipinski definition) is 7. The van der Waals surface area contributed by atoms with Crippen LogP contribution in [0.1, 0.15) is 52.0 Å². The van der Waals surface area contributed by atoms with Crippen LogP contribution in [0.25, 0.3) is 0 Å². The first-order valence-electron chi connectivity index (χ1n) is 10.5. The molecule has 0 aromatic heterocycles. The monoisotopic (exact) mass is 468 g/mol. The Balaban J connectivity index is 2.74. The van der Waals surface area contributed by atoms with Gasteiger partial charge in [0.2, 0.25) is 17.4 Å². The van der Waals surface area contributed by atoms with E-state index in [0.717, 1.165) is 19.3 Å². The minimum Gasteiger partial charge on any atom is -0.575 e. The van der Waals surface area contributed by atoms with Crippen molar-refractivity contribution in [3.8, 4) is 17.2 Å². The molecule has 178 valence electrons. The Labute approximate surface area is 190 Å². The quantitative estimate of drug-likeness (QED) is 0.241. The van der Waals surface area contributed by atoms with Gasteiger partial charge in [0.1, 0.15) is 0 Å². The van der Waals surface area contributed by atoms with E-state index in [1.54, 1.807) is 6.07 Å². The number of carbonyl (C=O) groups is 2. The molecule has 0 saturated carbocycles. The number of carboxylic acids is 1. The van der Waals surface area contributed by atoms with Gasteiger partial charge in [0.15, 0.2) is 11.8 Å². The summed E-state index contributed by atoms with van der Waals surface area (Å²) in [5.41, 5.74) is 0.649. The number of amides is 1. The molecule has 1 amide bonds. The Kier molecular flexibility index (Phi) is 12.4. The highest BCUT2D eigenvalue weighted by Gasteiger charge is 2.22. The molecule has 0 aliphatic rings. The van der Waals surface area contributed by atoms with Crippen molar-refractivity contribution in [2.45, 2.75) is 59.0 Å². The maximum absolute atomic E-state index is 12.2. The number of allylic oxidation sites excluding steroid dienone is 2. The van der Waals surface area contributed by atoms with Crippen LogP contribution in [0.3, 0.4) is 0 Å². The average Bonchev–Trinajstić information content (AvgIpc) is 2.74. The van der Waals surface area contributed by atoms with E-state index in [4.69, 9.17) is 19.1 Å². The lowest BCUT2D eigenvalue weighted by Crippen LogP contribution is -2.22. The second-order valence-electron chi connectivity index (χ2n) is 7.44. The van der Waals surface area contributed by atoms with Gasteiger partial charge in [-0.25, -0.2) is 4.79 Å². The summed E-state index contributed by atoms with van der Waals surface area (Å²) >= 11 is 0. The summed E-state index contributed by atoms with van der Waals surface area (Å²) in [5.74, 6) is -0.151. The number of unbranched alkanes of at least 4 members (excludes halogenated alkanes) is 2. The normalized spacial score (nSPS) is 12.7. The summed E-state index contributed by atoms with van der Waals surface area (Å²) in [7, 11) is 0.206. The first kappa shape index (κ1) is 27.4. The van der Waals surface area contributed by atoms with Crippen LogP contribution in [0.4, 0.5) is 0 Å². The molecule has 0 spiro atoms. The van der Waals surface area contributed by atoms with E-state index in [1.165, 1.54) is 27.2 Å². The minimum absolute atomic E-state index is 0.0660. The number of carbonyl (C=O) groups excluding carboxylic acids is 1. The molecule has 0 aliphatic heterocycles. The molecule has 32 heavy (non-hydrogen) atoms. The molecule has 9 nitrogen and oxygen atoms in total. The SMILES string of the molecule is COc1c(CNC(=O)CCCC/C=C/C(C)C)ccc(O[P+]([O-])=N[C@@H](C)C(=O)O)c1OC. The van der Waals surface area contributed by atoms with Gasteiger partial charge in [0, 0.05) is 18.5 Å². The zero-order valence-corrected chi connectivity index (χ0v) is 20.2. The molecule has 0 bridgehead atoms. The number of carboxylic acid groups (broad SMARTS) is 1. The van der Waals surface area contributed by atoms with E-state index in [-0.39, 0.29) is 24.0 Å². The van der Waals surface area contributed by atoms with Gasteiger partial charge in [0.05, 0.1) is 14.2 Å². The minimum atomic E-state index is -2.63. The Morgan fingerprint density at radius 1 is 1.19 bits per heavy atom. The molecule has 0 aliphatic carbocycles. The second-order valence-corrected chi connectivity index (χ2v) is 8.33. The second kappa shape index (κ2) is 14.4. The summed E-state index contributed by atoms with van der Waals surface area (Å²) in [6.45, 7) is 5.77. The first-order valence-corrected chi connectivity index (χ1v) is 11.6. The number of benzene rings is 1. The third-order valence-corrected chi connectivity index (χ3v) is 5.28. The number of nitrogens with zero attached hydrogens (tertiary/aromatic N) is 1. The maximum Gasteiger partial charge on any atom is 0.395 e. The fraction of sp³-hybridized carbons (Fsp3) is 0.545. The highest BCUT2D eigenvalue weighted by Crippen LogP contribution is 2.42. The summed E-state index contributed by atoms with van der Waals surface area (Å²) in [6.07, 6.45) is 7.44. The number of rotatable bonds is 14. The van der Waals surface area contributed by atoms with Crippen molar-refractivity contribution in [3.05, 3.63) is 29.8 Å². The van der Waals surface area contributed by atoms with Crippen molar-refractivity contribution in [3.63, 3.8) is 0 Å². The van der Waals surface area contributed by atoms with Crippen LogP contribution >= 0.6 is 8.17 Å². The Bertz CT molecular complexity index is 825. The van der Waals surface area contributed by atoms with E-state index in [9.17, 15) is 14.5 Å². The lowest BCUT2D eigenvalue weighted by atomic mass is 10.1. The molecular formula is C22H33N2O7P. The molecular weight excluding hydrogens is 435 g/mol. The lowest BCUT2D eigenvalue weighted by molar-refractivity contribution is -0.169. The molecule has 0 saturated heterocycles. The van der Waals surface area contributed by atoms with E-state index in [0.29, 0.717) is 23.7 Å². The van der Waals surface area contributed by atoms with Crippen molar-refractivity contribution >= 4 is 20.0 Å². The van der Waals surface area contributed by atoms with Crippen molar-refractivity contribution in [2.24, 2.45) is 10.7 Å². The molecule has 1 aromatic carbocycles. The molecule has 1 unspecified atom stereocenters. The van der Waals surface area contributed by atoms with Crippen LogP contribution in [0, 0.1) is 5.92 Å². The summed E-state index contributed by atoms with van der Waals surface area (Å²) in [5, 5.41) is 11.7. The van der Waals surface area contributed by atoms with Gasteiger partial charge in [-0.3, -0.25) is 9.32 Å². The average molecular weight is 468 g/mol. The van der Waals surface area contributed by atoms with E-state index < -0.39 is 20.2 Å². The molecule has 0 fully saturated rings. The number of hydrogen-bond donors (Lipinski definition) is 2. The zero-order chi connectivity index (χ0) is 24.1. The Hall–Kier alpha value is -2.64. The highest BCUT2D eigenvalue weighted by molar-refractivity contribution is 7.34. The van der Waals surface area contributed by atoms with Crippen LogP contribution in [0.5, 0.6) is 17.2 Å². The van der Waals surface area contributed by atoms with Crippen molar-refractivity contribution in [1.82, 2.24) is 5.32 Å². The van der Waals surface area contributed by atoms with Crippen molar-refractivity contribution < 1.29 is 33.6 Å². The van der Waals surface area contributed by atoms with Gasteiger partial charge in [-0.15, -0.1) is 0 Å². The summed E-state index contributed by atoms with van der Waals surface area (Å²) in [6, 6.07) is 1.99. The lowest BCUT2D eigenvalue weighted by Gasteiger charge is -2.15. The molecule has 1 rings (SSSR count). The third-order valence-electron chi connectivity index (χ3n) is 4.39. The predicted molar refractivity (Wildman–Crippen MR) is 121 cm³/mol. The standard InChI is InChI=1S/C22H33N2O7P/c1-15(2)10-8-6-7-9-11-19(25)23-14-17-12-13-18(21(30-5)20(17)29-4)31-32(28)24-16(3)22(26)27/h8,10,12-13,15-16H,6-7,9,11,14H2,1-5H3,(H,23,25)(H,26,27)/b10-8+/t16-/m0/s1. The van der Waals surface area contributed by atoms with E-state index in [1.807, 2.05) is 0 Å². The number of nitrogens with one attached hydrogen (secondary N) is 1. The maximum atomic E-state index is 12.2. The number of methoxy groups -OCH3 is 2. The van der Waals surface area contributed by atoms with E-state index in [2.05, 4.69) is 36.1 Å². The summed E-state index contributed by atoms with van der Waals surface area (Å²) in [4.78, 5) is 35.0. The van der Waals surface area contributed by atoms with Crippen LogP contribution in [0.15, 0.2) is 29.0 Å². The van der Waals surface area contributed by atoms with Crippen molar-refractivity contribution in [2.75, 3.05) is 14.2 Å². The highest BCUT2D eigenvalue weighted by atomic mass is 31.1. The van der Waals surface area contributed by atoms with Gasteiger partial charge in [0.25, 0.3) is 0 Å². The fourth-order valence-electron chi connectivity index (χ4n) is 2.71. The molecule has 2 N–H and O–H groups in total. The molecule has 0 radical (unpaired) electrons. The van der Waals surface area contributed by atoms with Gasteiger partial charge in [-0.2, -0.15) is 0 Å². The van der Waals surface area contributed by atoms with Gasteiger partial charge in [-0.1, -0.05) is 30.7 Å². The fourth-order valence-corrected chi connectivity index (χ4v) is 3.45. The Morgan fingerprint density at radius 2 is 1.88 bits per heavy atom. The topological polar surface area (TPSA) is 130 Å². The number of aliphatic carboxylic acids is 1. The third kappa shape index (κ3) is 9.66. The van der Waals surface area contributed by atoms with Crippen LogP contribution in [-0.2, 0) is 16.1 Å². The number of ether oxygens (including phenoxy) is 2. The first-order chi connectivity index (χ1) is 15.2. The van der Waals surface area contributed by atoms with Gasteiger partial charge in [-0.05, 0) is 44.2 Å². The zero-order valence-electron chi connectivity index (χ0n) is 19.3. The molecule has 10 heteroatoms. The van der Waals surface area contributed by atoms with Crippen LogP contribution < -0.4 is 24.2 Å².